The van der Waals surface area contributed by atoms with Gasteiger partial charge in [0.05, 0.1) is 6.61 Å². The van der Waals surface area contributed by atoms with Crippen molar-refractivity contribution in [3.05, 3.63) is 29.1 Å². The summed E-state index contributed by atoms with van der Waals surface area (Å²) in [6.07, 6.45) is 3.12. The topological polar surface area (TPSA) is 59.6 Å². The van der Waals surface area contributed by atoms with Crippen molar-refractivity contribution < 1.29 is 18.7 Å². The number of amides is 1. The molecule has 6 heteroatoms. The molecule has 0 bridgehead atoms. The maximum atomic E-state index is 13.7. The lowest BCUT2D eigenvalue weighted by molar-refractivity contribution is -0.123. The Morgan fingerprint density at radius 1 is 1.39 bits per heavy atom. The van der Waals surface area contributed by atoms with Gasteiger partial charge in [0.15, 0.2) is 6.79 Å². The van der Waals surface area contributed by atoms with E-state index in [-0.39, 0.29) is 29.9 Å². The van der Waals surface area contributed by atoms with Gasteiger partial charge < -0.3 is 20.1 Å². The van der Waals surface area contributed by atoms with Gasteiger partial charge in [0.2, 0.25) is 5.91 Å². The van der Waals surface area contributed by atoms with Crippen molar-refractivity contribution >= 4 is 5.91 Å². The second-order valence-electron chi connectivity index (χ2n) is 6.75. The van der Waals surface area contributed by atoms with E-state index < -0.39 is 0 Å². The van der Waals surface area contributed by atoms with E-state index in [1.165, 1.54) is 12.1 Å². The van der Waals surface area contributed by atoms with Crippen molar-refractivity contribution in [2.24, 2.45) is 11.3 Å². The molecule has 3 aliphatic rings. The number of benzene rings is 1. The first kappa shape index (κ1) is 14.9. The van der Waals surface area contributed by atoms with Crippen LogP contribution in [-0.4, -0.2) is 25.8 Å². The summed E-state index contributed by atoms with van der Waals surface area (Å²) in [6, 6.07) is 2.85. The number of piperidine rings is 1. The lowest BCUT2D eigenvalue weighted by atomic mass is 9.92. The Labute approximate surface area is 134 Å². The summed E-state index contributed by atoms with van der Waals surface area (Å²) in [4.78, 5) is 12.4. The van der Waals surface area contributed by atoms with Crippen LogP contribution in [0.2, 0.25) is 0 Å². The molecule has 1 aromatic carbocycles. The molecule has 1 spiro atoms. The lowest BCUT2D eigenvalue weighted by Crippen LogP contribution is -2.33. The third-order valence-corrected chi connectivity index (χ3v) is 5.31. The molecular weight excluding hydrogens is 299 g/mol. The van der Waals surface area contributed by atoms with Crippen LogP contribution in [0.25, 0.3) is 0 Å². The van der Waals surface area contributed by atoms with E-state index in [2.05, 4.69) is 10.6 Å². The highest BCUT2D eigenvalue weighted by Crippen LogP contribution is 2.58. The fraction of sp³-hybridized carbons (Fsp3) is 0.588. The molecule has 1 aliphatic carbocycles. The van der Waals surface area contributed by atoms with E-state index in [9.17, 15) is 9.18 Å². The zero-order valence-corrected chi connectivity index (χ0v) is 13.0. The van der Waals surface area contributed by atoms with Gasteiger partial charge in [-0.05, 0) is 49.9 Å². The number of carbonyl (C=O) groups excluding carboxylic acids is 1. The van der Waals surface area contributed by atoms with Crippen LogP contribution in [0.15, 0.2) is 12.1 Å². The molecule has 0 aromatic heterocycles. The summed E-state index contributed by atoms with van der Waals surface area (Å²) in [5.74, 6) is 0.504. The number of rotatable bonds is 3. The predicted octanol–water partition coefficient (Wildman–Crippen LogP) is 1.70. The Kier molecular flexibility index (Phi) is 3.73. The average molecular weight is 320 g/mol. The molecule has 5 nitrogen and oxygen atoms in total. The van der Waals surface area contributed by atoms with E-state index in [1.54, 1.807) is 0 Å². The predicted molar refractivity (Wildman–Crippen MR) is 81.2 cm³/mol. The number of fused-ring (bicyclic) bond motifs is 1. The summed E-state index contributed by atoms with van der Waals surface area (Å²) in [5, 5.41) is 6.30. The van der Waals surface area contributed by atoms with Crippen LogP contribution in [0.4, 0.5) is 4.39 Å². The Morgan fingerprint density at radius 3 is 3.04 bits per heavy atom. The SMILES string of the molecule is O=C(NCc1cc(F)cc2c1OCOC2)C1CC12CCNCC2. The number of hydrogen-bond donors (Lipinski definition) is 2. The van der Waals surface area contributed by atoms with Gasteiger partial charge in [-0.15, -0.1) is 0 Å². The first-order chi connectivity index (χ1) is 11.2. The summed E-state index contributed by atoms with van der Waals surface area (Å²) >= 11 is 0. The smallest absolute Gasteiger partial charge is 0.223 e. The first-order valence-electron chi connectivity index (χ1n) is 8.18. The third-order valence-electron chi connectivity index (χ3n) is 5.31. The van der Waals surface area contributed by atoms with Crippen molar-refractivity contribution in [1.29, 1.82) is 0 Å². The van der Waals surface area contributed by atoms with Crippen LogP contribution in [0, 0.1) is 17.2 Å². The Morgan fingerprint density at radius 2 is 2.22 bits per heavy atom. The van der Waals surface area contributed by atoms with Gasteiger partial charge in [-0.2, -0.15) is 0 Å². The van der Waals surface area contributed by atoms with Crippen molar-refractivity contribution in [2.75, 3.05) is 19.9 Å². The summed E-state index contributed by atoms with van der Waals surface area (Å²) in [5.41, 5.74) is 1.58. The van der Waals surface area contributed by atoms with Crippen molar-refractivity contribution in [3.8, 4) is 5.75 Å². The number of halogens is 1. The molecule has 2 N–H and O–H groups in total. The highest BCUT2D eigenvalue weighted by molar-refractivity contribution is 5.82. The van der Waals surface area contributed by atoms with Crippen LogP contribution < -0.4 is 15.4 Å². The van der Waals surface area contributed by atoms with Gasteiger partial charge in [-0.1, -0.05) is 0 Å². The van der Waals surface area contributed by atoms with Crippen LogP contribution in [0.5, 0.6) is 5.75 Å². The molecular formula is C17H21FN2O3. The standard InChI is InChI=1S/C17H21FN2O3/c18-13-5-11(15-12(6-13)9-22-10-23-15)8-20-16(21)14-7-17(14)1-3-19-4-2-17/h5-6,14,19H,1-4,7-10H2,(H,20,21). The Hall–Kier alpha value is -1.66. The average Bonchev–Trinajstić information content (AvgIpc) is 3.26. The molecule has 124 valence electrons. The van der Waals surface area contributed by atoms with Gasteiger partial charge in [0.1, 0.15) is 11.6 Å². The number of ether oxygens (including phenoxy) is 2. The second kappa shape index (κ2) is 5.76. The number of nitrogens with one attached hydrogen (secondary N) is 2. The summed E-state index contributed by atoms with van der Waals surface area (Å²) < 4.78 is 24.4. The van der Waals surface area contributed by atoms with Gasteiger partial charge in [-0.25, -0.2) is 4.39 Å². The van der Waals surface area contributed by atoms with Gasteiger partial charge >= 0.3 is 0 Å². The highest BCUT2D eigenvalue weighted by Gasteiger charge is 2.57. The second-order valence-corrected chi connectivity index (χ2v) is 6.75. The molecule has 2 aliphatic heterocycles. The minimum Gasteiger partial charge on any atom is -0.467 e. The maximum Gasteiger partial charge on any atom is 0.223 e. The quantitative estimate of drug-likeness (QED) is 0.890. The molecule has 1 amide bonds. The largest absolute Gasteiger partial charge is 0.467 e. The van der Waals surface area contributed by atoms with Crippen molar-refractivity contribution in [3.63, 3.8) is 0 Å². The molecule has 2 fully saturated rings. The third kappa shape index (κ3) is 2.81. The monoisotopic (exact) mass is 320 g/mol. The fourth-order valence-electron chi connectivity index (χ4n) is 3.89. The van der Waals surface area contributed by atoms with Crippen LogP contribution in [-0.2, 0) is 22.7 Å². The molecule has 4 rings (SSSR count). The van der Waals surface area contributed by atoms with Crippen LogP contribution >= 0.6 is 0 Å². The number of carbonyl (C=O) groups is 1. The summed E-state index contributed by atoms with van der Waals surface area (Å²) in [6.45, 7) is 2.79. The zero-order valence-electron chi connectivity index (χ0n) is 13.0. The molecule has 1 saturated heterocycles. The number of hydrogen-bond acceptors (Lipinski definition) is 4. The van der Waals surface area contributed by atoms with Crippen LogP contribution in [0.1, 0.15) is 30.4 Å². The highest BCUT2D eigenvalue weighted by atomic mass is 19.1. The lowest BCUT2D eigenvalue weighted by Gasteiger charge is -2.23. The van der Waals surface area contributed by atoms with Crippen LogP contribution in [0.3, 0.4) is 0 Å². The molecule has 2 heterocycles. The molecule has 1 atom stereocenters. The first-order valence-corrected chi connectivity index (χ1v) is 8.18. The van der Waals surface area contributed by atoms with E-state index in [0.29, 0.717) is 30.0 Å². The minimum absolute atomic E-state index is 0.0805. The van der Waals surface area contributed by atoms with Gasteiger partial charge in [0.25, 0.3) is 0 Å². The van der Waals surface area contributed by atoms with E-state index >= 15 is 0 Å². The van der Waals surface area contributed by atoms with Gasteiger partial charge in [-0.3, -0.25) is 4.79 Å². The van der Waals surface area contributed by atoms with E-state index in [0.717, 1.165) is 32.4 Å². The van der Waals surface area contributed by atoms with E-state index in [1.807, 2.05) is 0 Å². The van der Waals surface area contributed by atoms with E-state index in [4.69, 9.17) is 9.47 Å². The molecule has 1 saturated carbocycles. The fourth-order valence-corrected chi connectivity index (χ4v) is 3.89. The molecule has 23 heavy (non-hydrogen) atoms. The maximum absolute atomic E-state index is 13.7. The molecule has 0 radical (unpaired) electrons. The zero-order chi connectivity index (χ0) is 15.9. The normalized spacial score (nSPS) is 24.7. The molecule has 1 aromatic rings. The molecule has 1 unspecified atom stereocenters. The van der Waals surface area contributed by atoms with Gasteiger partial charge in [0, 0.05) is 23.6 Å². The minimum atomic E-state index is -0.330. The van der Waals surface area contributed by atoms with Crippen molar-refractivity contribution in [1.82, 2.24) is 10.6 Å². The summed E-state index contributed by atoms with van der Waals surface area (Å²) in [7, 11) is 0. The van der Waals surface area contributed by atoms with Crippen molar-refractivity contribution in [2.45, 2.75) is 32.4 Å². The Bertz CT molecular complexity index is 629. The Balaban J connectivity index is 1.42.